The Hall–Kier alpha value is -4.34. The van der Waals surface area contributed by atoms with Crippen molar-refractivity contribution in [2.45, 2.75) is 71.3 Å². The third-order valence-electron chi connectivity index (χ3n) is 7.77. The first-order chi connectivity index (χ1) is 20.5. The zero-order chi connectivity index (χ0) is 33.0. The molecule has 2 aromatic rings. The summed E-state index contributed by atoms with van der Waals surface area (Å²) in [7, 11) is 0. The van der Waals surface area contributed by atoms with E-state index in [1.165, 1.54) is 32.2 Å². The number of rotatable bonds is 6. The van der Waals surface area contributed by atoms with Crippen molar-refractivity contribution >= 4 is 23.6 Å². The number of carbonyl (C=O) groups excluding carboxylic acids is 4. The van der Waals surface area contributed by atoms with Crippen molar-refractivity contribution in [1.82, 2.24) is 31.2 Å². The van der Waals surface area contributed by atoms with Gasteiger partial charge in [0.1, 0.15) is 17.8 Å². The molecule has 0 aromatic carbocycles. The molecule has 4 amide bonds. The van der Waals surface area contributed by atoms with Crippen LogP contribution in [0.2, 0.25) is 0 Å². The van der Waals surface area contributed by atoms with E-state index < -0.39 is 113 Å². The summed E-state index contributed by atoms with van der Waals surface area (Å²) in [6.45, 7) is 7.85. The quantitative estimate of drug-likeness (QED) is 0.202. The molecule has 240 valence electrons. The highest BCUT2D eigenvalue weighted by Gasteiger charge is 2.40. The fourth-order valence-corrected chi connectivity index (χ4v) is 4.65. The first-order valence-electron chi connectivity index (χ1n) is 13.8. The summed E-state index contributed by atoms with van der Waals surface area (Å²) >= 11 is 0. The van der Waals surface area contributed by atoms with E-state index >= 15 is 0 Å². The number of aliphatic hydroxyl groups is 1. The number of aromatic nitrogens is 2. The number of carbonyl (C=O) groups is 4. The van der Waals surface area contributed by atoms with E-state index in [1.807, 2.05) is 0 Å². The minimum atomic E-state index is -2.09. The van der Waals surface area contributed by atoms with Gasteiger partial charge in [-0.3, -0.25) is 19.2 Å². The number of hydrogen-bond donors (Lipinski definition) is 6. The van der Waals surface area contributed by atoms with Gasteiger partial charge in [0, 0.05) is 18.2 Å². The summed E-state index contributed by atoms with van der Waals surface area (Å²) in [5.74, 6) is -14.1. The van der Waals surface area contributed by atoms with Crippen LogP contribution in [0.1, 0.15) is 50.7 Å². The second-order valence-electron chi connectivity index (χ2n) is 11.1. The lowest BCUT2D eigenvalue weighted by atomic mass is 9.87. The summed E-state index contributed by atoms with van der Waals surface area (Å²) in [6, 6.07) is -3.26. The first-order valence-corrected chi connectivity index (χ1v) is 13.8. The maximum Gasteiger partial charge on any atom is 0.274 e. The molecule has 16 heteroatoms. The van der Waals surface area contributed by atoms with Crippen molar-refractivity contribution < 1.29 is 47.0 Å². The van der Waals surface area contributed by atoms with Gasteiger partial charge in [0.2, 0.25) is 29.5 Å². The van der Waals surface area contributed by atoms with Crippen LogP contribution in [0, 0.1) is 41.3 Å². The highest BCUT2D eigenvalue weighted by atomic mass is 19.2. The Bertz CT molecular complexity index is 1430. The molecule has 1 aliphatic rings. The third-order valence-corrected chi connectivity index (χ3v) is 7.77. The third kappa shape index (κ3) is 7.41. The topological polar surface area (TPSA) is 183 Å². The fourth-order valence-electron chi connectivity index (χ4n) is 4.65. The molecule has 7 atom stereocenters. The highest BCUT2D eigenvalue weighted by molar-refractivity contribution is 5.98. The smallest absolute Gasteiger partial charge is 0.274 e. The molecule has 1 aliphatic heterocycles. The SMILES string of the molecule is CC(C)C(C)C1NC(=O)[C@H](C)[C@H](O)[C@H](Cc2c(F)nc(F)c(F)c2F)NC(=O)[C@@H](NC(=O)c2ncccc2O)[C@@H](C)NC1=O. The van der Waals surface area contributed by atoms with Crippen molar-refractivity contribution in [3.05, 3.63) is 53.1 Å². The first kappa shape index (κ1) is 34.2. The molecule has 0 bridgehead atoms. The summed E-state index contributed by atoms with van der Waals surface area (Å²) < 4.78 is 56.6. The van der Waals surface area contributed by atoms with Crippen LogP contribution < -0.4 is 21.3 Å². The highest BCUT2D eigenvalue weighted by Crippen LogP contribution is 2.23. The number of hydrogen-bond acceptors (Lipinski definition) is 8. The number of aromatic hydroxyl groups is 1. The number of aliphatic hydroxyl groups excluding tert-OH is 1. The molecule has 44 heavy (non-hydrogen) atoms. The van der Waals surface area contributed by atoms with E-state index in [0.29, 0.717) is 0 Å². The minimum Gasteiger partial charge on any atom is -0.505 e. The second kappa shape index (κ2) is 14.0. The Morgan fingerprint density at radius 2 is 1.64 bits per heavy atom. The van der Waals surface area contributed by atoms with Crippen molar-refractivity contribution in [2.24, 2.45) is 17.8 Å². The van der Waals surface area contributed by atoms with Crippen LogP contribution in [0.4, 0.5) is 17.6 Å². The Kier molecular flexibility index (Phi) is 10.8. The zero-order valence-corrected chi connectivity index (χ0v) is 24.5. The van der Waals surface area contributed by atoms with E-state index in [1.54, 1.807) is 20.8 Å². The van der Waals surface area contributed by atoms with Gasteiger partial charge in [-0.1, -0.05) is 27.7 Å². The van der Waals surface area contributed by atoms with Gasteiger partial charge in [0.25, 0.3) is 11.9 Å². The van der Waals surface area contributed by atoms with Crippen LogP contribution in [-0.2, 0) is 20.8 Å². The van der Waals surface area contributed by atoms with Gasteiger partial charge in [-0.05, 0) is 30.9 Å². The second-order valence-corrected chi connectivity index (χ2v) is 11.1. The zero-order valence-electron chi connectivity index (χ0n) is 24.5. The number of amides is 4. The lowest BCUT2D eigenvalue weighted by Gasteiger charge is -2.35. The maximum absolute atomic E-state index is 14.6. The molecule has 2 unspecified atom stereocenters. The molecule has 3 rings (SSSR count). The molecule has 12 nitrogen and oxygen atoms in total. The van der Waals surface area contributed by atoms with Gasteiger partial charge in [-0.2, -0.15) is 18.2 Å². The molecule has 1 fully saturated rings. The lowest BCUT2D eigenvalue weighted by Crippen LogP contribution is -2.64. The lowest BCUT2D eigenvalue weighted by molar-refractivity contribution is -0.137. The molecule has 0 aliphatic carbocycles. The van der Waals surface area contributed by atoms with Crippen molar-refractivity contribution in [1.29, 1.82) is 0 Å². The van der Waals surface area contributed by atoms with Gasteiger partial charge in [0.05, 0.1) is 24.1 Å². The van der Waals surface area contributed by atoms with E-state index in [9.17, 15) is 47.0 Å². The van der Waals surface area contributed by atoms with Gasteiger partial charge in [0.15, 0.2) is 11.5 Å². The normalized spacial score (nSPS) is 25.7. The van der Waals surface area contributed by atoms with Crippen molar-refractivity contribution in [2.75, 3.05) is 0 Å². The van der Waals surface area contributed by atoms with Crippen LogP contribution in [0.3, 0.4) is 0 Å². The van der Waals surface area contributed by atoms with Crippen LogP contribution >= 0.6 is 0 Å². The largest absolute Gasteiger partial charge is 0.505 e. The average Bonchev–Trinajstić information content (AvgIpc) is 2.97. The van der Waals surface area contributed by atoms with Crippen LogP contribution in [0.15, 0.2) is 18.3 Å². The van der Waals surface area contributed by atoms with E-state index in [0.717, 1.165) is 0 Å². The Morgan fingerprint density at radius 1 is 0.977 bits per heavy atom. The predicted octanol–water partition coefficient (Wildman–Crippen LogP) is 0.857. The molecule has 2 aromatic heterocycles. The van der Waals surface area contributed by atoms with Gasteiger partial charge < -0.3 is 31.5 Å². The maximum atomic E-state index is 14.6. The molecular formula is C28H34F4N6O6. The Morgan fingerprint density at radius 3 is 2.25 bits per heavy atom. The fraction of sp³-hybridized carbons (Fsp3) is 0.500. The van der Waals surface area contributed by atoms with E-state index in [-0.39, 0.29) is 5.92 Å². The average molecular weight is 627 g/mol. The number of pyridine rings is 2. The molecule has 1 saturated heterocycles. The monoisotopic (exact) mass is 626 g/mol. The summed E-state index contributed by atoms with van der Waals surface area (Å²) in [4.78, 5) is 59.7. The number of nitrogens with one attached hydrogen (secondary N) is 4. The molecular weight excluding hydrogens is 592 g/mol. The van der Waals surface area contributed by atoms with Crippen LogP contribution in [-0.4, -0.2) is 74.1 Å². The predicted molar refractivity (Wildman–Crippen MR) is 146 cm³/mol. The Balaban J connectivity index is 2.10. The summed E-state index contributed by atoms with van der Waals surface area (Å²) in [5, 5.41) is 31.0. The van der Waals surface area contributed by atoms with E-state index in [4.69, 9.17) is 0 Å². The van der Waals surface area contributed by atoms with E-state index in [2.05, 4.69) is 31.2 Å². The molecule has 0 radical (unpaired) electrons. The summed E-state index contributed by atoms with van der Waals surface area (Å²) in [6.07, 6.45) is -1.70. The standard InChI is InChI=1S/C28H34F4N6O6/c1-10(2)11(3)19-26(42)34-13(5)20(37-28(44)21-16(39)7-6-8-33-21)27(43)35-15(22(40)12(4)25(41)36-19)9-14-17(29)18(30)24(32)38-23(14)31/h6-8,10-13,15,19-20,22,39-40H,9H2,1-5H3,(H,34,42)(H,35,43)(H,36,41)(H,37,44)/t11?,12-,13-,15+,19?,20+,22+/m1/s1. The summed E-state index contributed by atoms with van der Waals surface area (Å²) in [5.41, 5.74) is -1.59. The number of halogens is 4. The molecule has 0 spiro atoms. The molecule has 3 heterocycles. The van der Waals surface area contributed by atoms with Crippen molar-refractivity contribution in [3.8, 4) is 5.75 Å². The van der Waals surface area contributed by atoms with Gasteiger partial charge in [-0.25, -0.2) is 9.37 Å². The number of nitrogens with zero attached hydrogens (tertiary/aromatic N) is 2. The molecule has 6 N–H and O–H groups in total. The van der Waals surface area contributed by atoms with Crippen molar-refractivity contribution in [3.63, 3.8) is 0 Å². The molecule has 0 saturated carbocycles. The van der Waals surface area contributed by atoms with Crippen LogP contribution in [0.5, 0.6) is 5.75 Å². The minimum absolute atomic E-state index is 0.139. The van der Waals surface area contributed by atoms with Gasteiger partial charge >= 0.3 is 0 Å². The van der Waals surface area contributed by atoms with Gasteiger partial charge in [-0.15, -0.1) is 0 Å². The van der Waals surface area contributed by atoms with Crippen LogP contribution in [0.25, 0.3) is 0 Å². The Labute approximate surface area is 250 Å².